The minimum atomic E-state index is -0.888. The molecular formula is C14H20N2O3. The molecule has 2 N–H and O–H groups in total. The van der Waals surface area contributed by atoms with Crippen LogP contribution in [0.3, 0.4) is 0 Å². The summed E-state index contributed by atoms with van der Waals surface area (Å²) in [5, 5.41) is 11.5. The highest BCUT2D eigenvalue weighted by Gasteiger charge is 2.24. The number of carboxylic acid groups (broad SMARTS) is 1. The number of rotatable bonds is 6. The molecule has 1 aromatic heterocycles. The summed E-state index contributed by atoms with van der Waals surface area (Å²) in [5.41, 5.74) is 1.31. The van der Waals surface area contributed by atoms with E-state index in [0.29, 0.717) is 6.54 Å². The zero-order valence-electron chi connectivity index (χ0n) is 11.6. The Balaban J connectivity index is 2.43. The number of carbonyl (C=O) groups excluding carboxylic acids is 1. The molecule has 1 amide bonds. The van der Waals surface area contributed by atoms with Gasteiger partial charge in [0.2, 0.25) is 5.91 Å². The maximum absolute atomic E-state index is 11.8. The molecule has 5 heteroatoms. The van der Waals surface area contributed by atoms with Gasteiger partial charge in [-0.3, -0.25) is 14.6 Å². The lowest BCUT2D eigenvalue weighted by molar-refractivity contribution is -0.139. The normalized spacial score (nSPS) is 11.1. The van der Waals surface area contributed by atoms with Gasteiger partial charge >= 0.3 is 5.97 Å². The van der Waals surface area contributed by atoms with Gasteiger partial charge in [-0.2, -0.15) is 0 Å². The number of amides is 1. The summed E-state index contributed by atoms with van der Waals surface area (Å²) in [7, 11) is 0. The molecule has 0 spiro atoms. The van der Waals surface area contributed by atoms with Crippen molar-refractivity contribution < 1.29 is 14.7 Å². The predicted molar refractivity (Wildman–Crippen MR) is 71.5 cm³/mol. The molecule has 1 aromatic rings. The Morgan fingerprint density at radius 2 is 2.00 bits per heavy atom. The Bertz CT molecular complexity index is 452. The van der Waals surface area contributed by atoms with Gasteiger partial charge in [0.25, 0.3) is 0 Å². The second kappa shape index (κ2) is 6.31. The summed E-state index contributed by atoms with van der Waals surface area (Å²) < 4.78 is 0. The summed E-state index contributed by atoms with van der Waals surface area (Å²) in [6, 6.07) is 3.79. The van der Waals surface area contributed by atoms with Crippen LogP contribution < -0.4 is 5.32 Å². The topological polar surface area (TPSA) is 79.3 Å². The van der Waals surface area contributed by atoms with Crippen LogP contribution in [0.2, 0.25) is 0 Å². The maximum atomic E-state index is 11.8. The number of nitrogens with zero attached hydrogens (tertiary/aromatic N) is 1. The van der Waals surface area contributed by atoms with Gasteiger partial charge in [0.15, 0.2) is 0 Å². The number of hydrogen-bond acceptors (Lipinski definition) is 3. The summed E-state index contributed by atoms with van der Waals surface area (Å²) in [5.74, 6) is -1.03. The largest absolute Gasteiger partial charge is 0.481 e. The van der Waals surface area contributed by atoms with E-state index in [9.17, 15) is 9.59 Å². The number of aliphatic carboxylic acids is 1. The van der Waals surface area contributed by atoms with Crippen molar-refractivity contribution in [2.45, 2.75) is 40.2 Å². The van der Waals surface area contributed by atoms with Crippen LogP contribution in [-0.4, -0.2) is 22.0 Å². The molecule has 1 heterocycles. The fraction of sp³-hybridized carbons (Fsp3) is 0.500. The Hall–Kier alpha value is -1.91. The van der Waals surface area contributed by atoms with E-state index in [0.717, 1.165) is 11.3 Å². The van der Waals surface area contributed by atoms with Gasteiger partial charge in [-0.25, -0.2) is 0 Å². The van der Waals surface area contributed by atoms with Gasteiger partial charge in [0.1, 0.15) is 0 Å². The molecule has 0 saturated carbocycles. The highest BCUT2D eigenvalue weighted by molar-refractivity contribution is 5.77. The third-order valence-electron chi connectivity index (χ3n) is 2.73. The molecule has 0 aliphatic carbocycles. The number of pyridine rings is 1. The molecule has 1 rings (SSSR count). The van der Waals surface area contributed by atoms with E-state index in [-0.39, 0.29) is 18.7 Å². The van der Waals surface area contributed by atoms with Gasteiger partial charge in [0.05, 0.1) is 6.42 Å². The summed E-state index contributed by atoms with van der Waals surface area (Å²) >= 11 is 0. The molecular weight excluding hydrogens is 244 g/mol. The van der Waals surface area contributed by atoms with Crippen molar-refractivity contribution >= 4 is 11.9 Å². The lowest BCUT2D eigenvalue weighted by Gasteiger charge is -2.21. The molecule has 19 heavy (non-hydrogen) atoms. The van der Waals surface area contributed by atoms with Crippen LogP contribution in [0, 0.1) is 12.3 Å². The standard InChI is InChI=1S/C14H20N2O3/c1-10-4-5-11(8-15-10)9-16-12(17)6-14(2,3)7-13(18)19/h4-5,8H,6-7,9H2,1-3H3,(H,16,17)(H,18,19). The van der Waals surface area contributed by atoms with E-state index >= 15 is 0 Å². The number of nitrogens with one attached hydrogen (secondary N) is 1. The van der Waals surface area contributed by atoms with E-state index in [1.165, 1.54) is 0 Å². The fourth-order valence-corrected chi connectivity index (χ4v) is 1.77. The molecule has 0 fully saturated rings. The summed E-state index contributed by atoms with van der Waals surface area (Å²) in [6.45, 7) is 5.86. The minimum Gasteiger partial charge on any atom is -0.481 e. The van der Waals surface area contributed by atoms with Crippen LogP contribution in [0.1, 0.15) is 37.9 Å². The predicted octanol–water partition coefficient (Wildman–Crippen LogP) is 1.90. The van der Waals surface area contributed by atoms with Gasteiger partial charge < -0.3 is 10.4 Å². The van der Waals surface area contributed by atoms with Crippen molar-refractivity contribution in [3.8, 4) is 0 Å². The molecule has 104 valence electrons. The number of aryl methyl sites for hydroxylation is 1. The van der Waals surface area contributed by atoms with Crippen molar-refractivity contribution in [3.05, 3.63) is 29.6 Å². The first-order valence-electron chi connectivity index (χ1n) is 6.18. The van der Waals surface area contributed by atoms with Gasteiger partial charge in [-0.1, -0.05) is 19.9 Å². The Kier molecular flexibility index (Phi) is 5.03. The molecule has 0 atom stereocenters. The Labute approximate surface area is 113 Å². The first-order valence-corrected chi connectivity index (χ1v) is 6.18. The van der Waals surface area contributed by atoms with E-state index in [1.807, 2.05) is 19.1 Å². The third-order valence-corrected chi connectivity index (χ3v) is 2.73. The van der Waals surface area contributed by atoms with Crippen LogP contribution in [0.4, 0.5) is 0 Å². The molecule has 0 aliphatic rings. The van der Waals surface area contributed by atoms with Gasteiger partial charge in [-0.15, -0.1) is 0 Å². The Morgan fingerprint density at radius 3 is 2.53 bits per heavy atom. The zero-order valence-corrected chi connectivity index (χ0v) is 11.6. The van der Waals surface area contributed by atoms with Crippen LogP contribution in [-0.2, 0) is 16.1 Å². The highest BCUT2D eigenvalue weighted by atomic mass is 16.4. The second-order valence-electron chi connectivity index (χ2n) is 5.50. The third kappa shape index (κ3) is 5.99. The van der Waals surface area contributed by atoms with Crippen LogP contribution >= 0.6 is 0 Å². The van der Waals surface area contributed by atoms with E-state index in [2.05, 4.69) is 10.3 Å². The van der Waals surface area contributed by atoms with Gasteiger partial charge in [0, 0.05) is 24.9 Å². The number of aromatic nitrogens is 1. The number of carboxylic acids is 1. The zero-order chi connectivity index (χ0) is 14.5. The molecule has 0 aliphatic heterocycles. The fourth-order valence-electron chi connectivity index (χ4n) is 1.77. The van der Waals surface area contributed by atoms with E-state index in [1.54, 1.807) is 20.0 Å². The first kappa shape index (κ1) is 15.1. The van der Waals surface area contributed by atoms with Crippen molar-refractivity contribution in [1.82, 2.24) is 10.3 Å². The molecule has 0 bridgehead atoms. The van der Waals surface area contributed by atoms with Crippen LogP contribution in [0.15, 0.2) is 18.3 Å². The molecule has 0 aromatic carbocycles. The first-order chi connectivity index (χ1) is 8.78. The lowest BCUT2D eigenvalue weighted by Crippen LogP contribution is -2.29. The number of hydrogen-bond donors (Lipinski definition) is 2. The van der Waals surface area contributed by atoms with Crippen molar-refractivity contribution in [1.29, 1.82) is 0 Å². The van der Waals surface area contributed by atoms with Crippen molar-refractivity contribution in [2.24, 2.45) is 5.41 Å². The average Bonchev–Trinajstić information content (AvgIpc) is 2.25. The average molecular weight is 264 g/mol. The Morgan fingerprint density at radius 1 is 1.32 bits per heavy atom. The van der Waals surface area contributed by atoms with Crippen molar-refractivity contribution in [2.75, 3.05) is 0 Å². The SMILES string of the molecule is Cc1ccc(CNC(=O)CC(C)(C)CC(=O)O)cn1. The highest BCUT2D eigenvalue weighted by Crippen LogP contribution is 2.24. The molecule has 5 nitrogen and oxygen atoms in total. The van der Waals surface area contributed by atoms with Crippen LogP contribution in [0.25, 0.3) is 0 Å². The summed E-state index contributed by atoms with van der Waals surface area (Å²) in [4.78, 5) is 26.6. The smallest absolute Gasteiger partial charge is 0.303 e. The van der Waals surface area contributed by atoms with Crippen molar-refractivity contribution in [3.63, 3.8) is 0 Å². The van der Waals surface area contributed by atoms with E-state index < -0.39 is 11.4 Å². The quantitative estimate of drug-likeness (QED) is 0.822. The van der Waals surface area contributed by atoms with E-state index in [4.69, 9.17) is 5.11 Å². The molecule has 0 unspecified atom stereocenters. The molecule has 0 saturated heterocycles. The maximum Gasteiger partial charge on any atom is 0.303 e. The van der Waals surface area contributed by atoms with Crippen LogP contribution in [0.5, 0.6) is 0 Å². The number of carbonyl (C=O) groups is 2. The summed E-state index contributed by atoms with van der Waals surface area (Å²) in [6.07, 6.45) is 1.89. The molecule has 0 radical (unpaired) electrons. The minimum absolute atomic E-state index is 0.0213. The lowest BCUT2D eigenvalue weighted by atomic mass is 9.85. The van der Waals surface area contributed by atoms with Gasteiger partial charge in [-0.05, 0) is 24.0 Å². The monoisotopic (exact) mass is 264 g/mol. The second-order valence-corrected chi connectivity index (χ2v) is 5.50.